The van der Waals surface area contributed by atoms with Crippen molar-refractivity contribution in [1.82, 2.24) is 14.5 Å². The van der Waals surface area contributed by atoms with Crippen molar-refractivity contribution < 1.29 is 24.5 Å². The molecule has 1 amide bonds. The number of hydrogen-bond donors (Lipinski definition) is 2. The molecule has 0 bridgehead atoms. The van der Waals surface area contributed by atoms with Gasteiger partial charge in [-0.2, -0.15) is 0 Å². The summed E-state index contributed by atoms with van der Waals surface area (Å²) in [4.78, 5) is 32.7. The Kier molecular flexibility index (Phi) is 7.56. The van der Waals surface area contributed by atoms with E-state index in [2.05, 4.69) is 12.1 Å². The van der Waals surface area contributed by atoms with Crippen LogP contribution in [0.5, 0.6) is 5.75 Å². The fourth-order valence-corrected chi connectivity index (χ4v) is 7.18. The number of rotatable bonds is 7. The lowest BCUT2D eigenvalue weighted by Crippen LogP contribution is -2.41. The molecule has 3 aromatic carbocycles. The summed E-state index contributed by atoms with van der Waals surface area (Å²) in [5, 5.41) is 20.8. The van der Waals surface area contributed by atoms with Crippen LogP contribution >= 0.6 is 11.3 Å². The zero-order valence-electron chi connectivity index (χ0n) is 24.6. The molecule has 3 aromatic heterocycles. The number of likely N-dealkylation sites (tertiary alicyclic amines) is 1. The van der Waals surface area contributed by atoms with Crippen LogP contribution in [0.4, 0.5) is 0 Å². The molecule has 4 heterocycles. The van der Waals surface area contributed by atoms with Gasteiger partial charge in [0.1, 0.15) is 17.2 Å². The second-order valence-electron chi connectivity index (χ2n) is 11.3. The number of carboxylic acid groups (broad SMARTS) is 1. The van der Waals surface area contributed by atoms with Crippen LogP contribution in [0.2, 0.25) is 0 Å². The Morgan fingerprint density at radius 2 is 1.64 bits per heavy atom. The molecule has 0 atom stereocenters. The number of aromatic carboxylic acids is 1. The average Bonchev–Trinajstić information content (AvgIpc) is 3.63. The standard InChI is InChI=1S/C36H31N3O5S/c1-44-27-11-7-22(8-12-27)28-13-9-24-19-25(10-14-29(24)37-28)34-33(23-5-3-2-4-6-23)35-30(20-31(45-35)36(42)43)39(34)21-32(41)38-17-15-26(40)16-18-38/h2-14,19-20,26,40H,15-18,21H2,1H3,(H,42,43). The minimum atomic E-state index is -0.996. The maximum atomic E-state index is 13.7. The van der Waals surface area contributed by atoms with Gasteiger partial charge >= 0.3 is 5.97 Å². The van der Waals surface area contributed by atoms with Crippen LogP contribution < -0.4 is 4.74 Å². The monoisotopic (exact) mass is 617 g/mol. The Labute approximate surface area is 263 Å². The third-order valence-electron chi connectivity index (χ3n) is 8.47. The first-order valence-electron chi connectivity index (χ1n) is 14.9. The van der Waals surface area contributed by atoms with E-state index in [1.807, 2.05) is 77.4 Å². The Bertz CT molecular complexity index is 2040. The van der Waals surface area contributed by atoms with Crippen LogP contribution in [0.25, 0.3) is 54.8 Å². The van der Waals surface area contributed by atoms with Gasteiger partial charge in [0.25, 0.3) is 0 Å². The molecule has 1 saturated heterocycles. The van der Waals surface area contributed by atoms with Crippen molar-refractivity contribution in [3.63, 3.8) is 0 Å². The van der Waals surface area contributed by atoms with E-state index >= 15 is 0 Å². The number of nitrogens with zero attached hydrogens (tertiary/aromatic N) is 3. The number of amides is 1. The van der Waals surface area contributed by atoms with Gasteiger partial charge in [-0.3, -0.25) is 4.79 Å². The van der Waals surface area contributed by atoms with E-state index in [9.17, 15) is 19.8 Å². The molecule has 1 aliphatic rings. The Balaban J connectivity index is 1.38. The van der Waals surface area contributed by atoms with Crippen LogP contribution in [0, 0.1) is 0 Å². The molecular formula is C36H31N3O5S. The number of carbonyl (C=O) groups is 2. The van der Waals surface area contributed by atoms with Gasteiger partial charge in [0.05, 0.1) is 40.3 Å². The highest BCUT2D eigenvalue weighted by atomic mass is 32.1. The number of carbonyl (C=O) groups excluding carboxylic acids is 1. The van der Waals surface area contributed by atoms with E-state index in [0.717, 1.165) is 55.0 Å². The lowest BCUT2D eigenvalue weighted by atomic mass is 9.99. The normalized spacial score (nSPS) is 13.9. The molecule has 6 aromatic rings. The molecule has 45 heavy (non-hydrogen) atoms. The number of aliphatic hydroxyl groups excluding tert-OH is 1. The average molecular weight is 618 g/mol. The Hall–Kier alpha value is -4.99. The van der Waals surface area contributed by atoms with E-state index in [4.69, 9.17) is 9.72 Å². The smallest absolute Gasteiger partial charge is 0.345 e. The number of pyridine rings is 1. The maximum Gasteiger partial charge on any atom is 0.345 e. The number of carboxylic acids is 1. The highest BCUT2D eigenvalue weighted by Gasteiger charge is 2.28. The van der Waals surface area contributed by atoms with E-state index < -0.39 is 5.97 Å². The number of methoxy groups -OCH3 is 1. The third kappa shape index (κ3) is 5.45. The quantitative estimate of drug-likeness (QED) is 0.201. The van der Waals surface area contributed by atoms with Gasteiger partial charge in [-0.05, 0) is 72.5 Å². The van der Waals surface area contributed by atoms with Crippen molar-refractivity contribution in [2.75, 3.05) is 20.2 Å². The van der Waals surface area contributed by atoms with Gasteiger partial charge in [0, 0.05) is 29.6 Å². The van der Waals surface area contributed by atoms with E-state index in [0.29, 0.717) is 31.4 Å². The van der Waals surface area contributed by atoms with Gasteiger partial charge in [-0.25, -0.2) is 9.78 Å². The maximum absolute atomic E-state index is 13.7. The summed E-state index contributed by atoms with van der Waals surface area (Å²) in [6.45, 7) is 1.04. The first kappa shape index (κ1) is 28.8. The zero-order chi connectivity index (χ0) is 31.1. The molecule has 226 valence electrons. The highest BCUT2D eigenvalue weighted by Crippen LogP contribution is 2.45. The number of aliphatic hydroxyl groups is 1. The molecule has 0 unspecified atom stereocenters. The summed E-state index contributed by atoms with van der Waals surface area (Å²) < 4.78 is 8.08. The van der Waals surface area contributed by atoms with Gasteiger partial charge in [0.2, 0.25) is 5.91 Å². The second-order valence-corrected chi connectivity index (χ2v) is 12.3. The minimum Gasteiger partial charge on any atom is -0.497 e. The summed E-state index contributed by atoms with van der Waals surface area (Å²) in [6, 6.07) is 29.5. The fourth-order valence-electron chi connectivity index (χ4n) is 6.11. The summed E-state index contributed by atoms with van der Waals surface area (Å²) in [5.41, 5.74) is 6.98. The summed E-state index contributed by atoms with van der Waals surface area (Å²) in [6.07, 6.45) is 0.707. The Morgan fingerprint density at radius 1 is 0.911 bits per heavy atom. The van der Waals surface area contributed by atoms with E-state index in [-0.39, 0.29) is 23.4 Å². The first-order valence-corrected chi connectivity index (χ1v) is 15.7. The lowest BCUT2D eigenvalue weighted by Gasteiger charge is -2.30. The number of benzene rings is 3. The third-order valence-corrected chi connectivity index (χ3v) is 9.60. The summed E-state index contributed by atoms with van der Waals surface area (Å²) >= 11 is 1.23. The zero-order valence-corrected chi connectivity index (χ0v) is 25.5. The van der Waals surface area contributed by atoms with Crippen LogP contribution in [0.15, 0.2) is 91.0 Å². The molecule has 9 heteroatoms. The SMILES string of the molecule is COc1ccc(-c2ccc3cc(-c4c(-c5ccccc5)c5sc(C(=O)O)cc5n4CC(=O)N4CCC(O)CC4)ccc3n2)cc1. The van der Waals surface area contributed by atoms with Crippen LogP contribution in [0.1, 0.15) is 22.5 Å². The lowest BCUT2D eigenvalue weighted by molar-refractivity contribution is -0.133. The van der Waals surface area contributed by atoms with Gasteiger partial charge in [0.15, 0.2) is 0 Å². The molecule has 1 fully saturated rings. The van der Waals surface area contributed by atoms with Crippen molar-refractivity contribution in [3.05, 3.63) is 95.9 Å². The summed E-state index contributed by atoms with van der Waals surface area (Å²) in [5.74, 6) is -0.272. The van der Waals surface area contributed by atoms with Crippen molar-refractivity contribution in [2.45, 2.75) is 25.5 Å². The van der Waals surface area contributed by atoms with Crippen LogP contribution in [0.3, 0.4) is 0 Å². The molecule has 0 saturated carbocycles. The number of fused-ring (bicyclic) bond motifs is 2. The first-order chi connectivity index (χ1) is 21.9. The van der Waals surface area contributed by atoms with Crippen LogP contribution in [-0.2, 0) is 11.3 Å². The molecule has 1 aliphatic heterocycles. The molecule has 8 nitrogen and oxygen atoms in total. The van der Waals surface area contributed by atoms with Gasteiger partial charge in [-0.15, -0.1) is 11.3 Å². The highest BCUT2D eigenvalue weighted by molar-refractivity contribution is 7.21. The molecule has 0 spiro atoms. The molecule has 2 N–H and O–H groups in total. The number of ether oxygens (including phenoxy) is 1. The number of hydrogen-bond acceptors (Lipinski definition) is 6. The molecule has 0 aliphatic carbocycles. The topological polar surface area (TPSA) is 105 Å². The van der Waals surface area contributed by atoms with Crippen molar-refractivity contribution >= 4 is 44.3 Å². The largest absolute Gasteiger partial charge is 0.497 e. The predicted octanol–water partition coefficient (Wildman–Crippen LogP) is 6.94. The van der Waals surface area contributed by atoms with Gasteiger partial charge in [-0.1, -0.05) is 42.5 Å². The van der Waals surface area contributed by atoms with E-state index in [1.165, 1.54) is 11.3 Å². The number of thiophene rings is 1. The van der Waals surface area contributed by atoms with Crippen molar-refractivity contribution in [3.8, 4) is 39.4 Å². The molecular weight excluding hydrogens is 586 g/mol. The van der Waals surface area contributed by atoms with Crippen molar-refractivity contribution in [2.24, 2.45) is 0 Å². The van der Waals surface area contributed by atoms with Crippen LogP contribution in [-0.4, -0.2) is 62.8 Å². The molecule has 7 rings (SSSR count). The summed E-state index contributed by atoms with van der Waals surface area (Å²) in [7, 11) is 1.64. The number of piperidine rings is 1. The number of aromatic nitrogens is 2. The molecule has 0 radical (unpaired) electrons. The fraction of sp³-hybridized carbons (Fsp3) is 0.194. The van der Waals surface area contributed by atoms with Gasteiger partial charge < -0.3 is 24.4 Å². The van der Waals surface area contributed by atoms with E-state index in [1.54, 1.807) is 18.1 Å². The Morgan fingerprint density at radius 3 is 2.36 bits per heavy atom. The van der Waals surface area contributed by atoms with Crippen molar-refractivity contribution in [1.29, 1.82) is 0 Å². The second kappa shape index (κ2) is 11.8. The minimum absolute atomic E-state index is 0.0528. The predicted molar refractivity (Wildman–Crippen MR) is 177 cm³/mol.